The Hall–Kier alpha value is -2.87. The van der Waals surface area contributed by atoms with E-state index in [-0.39, 0.29) is 0 Å². The molecular weight excluding hydrogens is 406 g/mol. The van der Waals surface area contributed by atoms with E-state index in [1.54, 1.807) is 11.3 Å². The van der Waals surface area contributed by atoms with Gasteiger partial charge < -0.3 is 19.7 Å². The highest BCUT2D eigenvalue weighted by Crippen LogP contribution is 2.16. The highest BCUT2D eigenvalue weighted by atomic mass is 32.1. The molecule has 0 aliphatic carbocycles. The summed E-state index contributed by atoms with van der Waals surface area (Å²) in [5, 5.41) is 13.9. The fraction of sp³-hybridized carbons (Fsp3) is 0.435. The number of benzene rings is 1. The molecule has 4 rings (SSSR count). The van der Waals surface area contributed by atoms with E-state index in [2.05, 4.69) is 84.6 Å². The Labute approximate surface area is 188 Å². The second-order valence-electron chi connectivity index (χ2n) is 7.57. The van der Waals surface area contributed by atoms with Gasteiger partial charge in [-0.2, -0.15) is 0 Å². The molecule has 3 heterocycles. The van der Waals surface area contributed by atoms with Crippen LogP contribution in [0.5, 0.6) is 0 Å². The molecule has 7 nitrogen and oxygen atoms in total. The maximum Gasteiger partial charge on any atom is 0.194 e. The van der Waals surface area contributed by atoms with Gasteiger partial charge in [0.25, 0.3) is 0 Å². The number of anilines is 1. The number of thiophene rings is 1. The Bertz CT molecular complexity index is 928. The van der Waals surface area contributed by atoms with Crippen LogP contribution in [0.25, 0.3) is 0 Å². The van der Waals surface area contributed by atoms with E-state index in [0.717, 1.165) is 70.4 Å². The van der Waals surface area contributed by atoms with E-state index in [4.69, 9.17) is 4.99 Å². The normalized spacial score (nSPS) is 14.8. The van der Waals surface area contributed by atoms with Gasteiger partial charge in [0.05, 0.1) is 0 Å². The molecule has 2 aromatic heterocycles. The Balaban J connectivity index is 1.36. The summed E-state index contributed by atoms with van der Waals surface area (Å²) in [5.41, 5.74) is 1.30. The number of hydrogen-bond acceptors (Lipinski definition) is 5. The fourth-order valence-corrected chi connectivity index (χ4v) is 4.54. The number of nitrogens with one attached hydrogen (secondary N) is 1. The molecule has 0 spiro atoms. The lowest BCUT2D eigenvalue weighted by Gasteiger charge is -2.37. The topological polar surface area (TPSA) is 61.6 Å². The smallest absolute Gasteiger partial charge is 0.194 e. The van der Waals surface area contributed by atoms with E-state index >= 15 is 0 Å². The van der Waals surface area contributed by atoms with Gasteiger partial charge in [-0.25, -0.2) is 0 Å². The van der Waals surface area contributed by atoms with Gasteiger partial charge in [-0.1, -0.05) is 31.2 Å². The number of aryl methyl sites for hydroxylation is 1. The molecule has 1 saturated heterocycles. The van der Waals surface area contributed by atoms with Gasteiger partial charge >= 0.3 is 0 Å². The number of nitrogens with zero attached hydrogens (tertiary/aromatic N) is 6. The second-order valence-corrected chi connectivity index (χ2v) is 8.60. The standard InChI is InChI=1S/C23H31N7S/c1-2-22-27-26-19-30(22)13-12-25-23(24-11-10-21-9-6-18-31-21)29-16-14-28(15-17-29)20-7-4-3-5-8-20/h3-9,18-19H,2,10-17H2,1H3,(H,24,25). The molecule has 1 aromatic carbocycles. The Morgan fingerprint density at radius 3 is 2.68 bits per heavy atom. The number of hydrogen-bond donors (Lipinski definition) is 1. The van der Waals surface area contributed by atoms with Crippen molar-refractivity contribution in [2.75, 3.05) is 44.2 Å². The summed E-state index contributed by atoms with van der Waals surface area (Å²) in [6.07, 6.45) is 3.69. The highest BCUT2D eigenvalue weighted by molar-refractivity contribution is 7.09. The van der Waals surface area contributed by atoms with Crippen LogP contribution in [0.4, 0.5) is 5.69 Å². The predicted octanol–water partition coefficient (Wildman–Crippen LogP) is 2.91. The lowest BCUT2D eigenvalue weighted by molar-refractivity contribution is 0.371. The number of para-hydroxylation sites is 1. The maximum atomic E-state index is 4.96. The van der Waals surface area contributed by atoms with Crippen LogP contribution >= 0.6 is 11.3 Å². The minimum absolute atomic E-state index is 0.800. The van der Waals surface area contributed by atoms with Gasteiger partial charge in [-0.3, -0.25) is 4.99 Å². The summed E-state index contributed by atoms with van der Waals surface area (Å²) in [7, 11) is 0. The summed E-state index contributed by atoms with van der Waals surface area (Å²) in [6.45, 7) is 8.49. The van der Waals surface area contributed by atoms with Crippen LogP contribution in [0.3, 0.4) is 0 Å². The minimum Gasteiger partial charge on any atom is -0.368 e. The SMILES string of the molecule is CCc1nncn1CCNC(=NCCc1cccs1)N1CCN(c2ccccc2)CC1. The third-order valence-electron chi connectivity index (χ3n) is 5.55. The van der Waals surface area contributed by atoms with Crippen LogP contribution in [0.1, 0.15) is 17.6 Å². The number of aromatic nitrogens is 3. The van der Waals surface area contributed by atoms with Crippen molar-refractivity contribution in [1.29, 1.82) is 0 Å². The second kappa shape index (κ2) is 10.9. The molecule has 0 saturated carbocycles. The molecule has 8 heteroatoms. The van der Waals surface area contributed by atoms with Crippen LogP contribution < -0.4 is 10.2 Å². The van der Waals surface area contributed by atoms with Crippen LogP contribution in [-0.4, -0.2) is 64.9 Å². The molecule has 0 unspecified atom stereocenters. The maximum absolute atomic E-state index is 4.96. The number of aliphatic imine (C=N–C) groups is 1. The first-order chi connectivity index (χ1) is 15.3. The summed E-state index contributed by atoms with van der Waals surface area (Å²) in [5.74, 6) is 2.03. The zero-order valence-electron chi connectivity index (χ0n) is 18.2. The molecule has 1 aliphatic heterocycles. The molecule has 0 bridgehead atoms. The van der Waals surface area contributed by atoms with Crippen LogP contribution in [0.15, 0.2) is 59.2 Å². The van der Waals surface area contributed by atoms with Crippen molar-refractivity contribution in [3.63, 3.8) is 0 Å². The molecule has 1 fully saturated rings. The first-order valence-electron chi connectivity index (χ1n) is 11.1. The molecule has 3 aromatic rings. The van der Waals surface area contributed by atoms with E-state index in [1.165, 1.54) is 10.6 Å². The molecule has 1 N–H and O–H groups in total. The van der Waals surface area contributed by atoms with E-state index in [9.17, 15) is 0 Å². The summed E-state index contributed by atoms with van der Waals surface area (Å²) in [6, 6.07) is 15.0. The van der Waals surface area contributed by atoms with E-state index < -0.39 is 0 Å². The van der Waals surface area contributed by atoms with Gasteiger partial charge in [-0.15, -0.1) is 21.5 Å². The van der Waals surface area contributed by atoms with Crippen molar-refractivity contribution >= 4 is 23.0 Å². The third kappa shape index (κ3) is 5.85. The Kier molecular flexibility index (Phi) is 7.55. The number of guanidine groups is 1. The quantitative estimate of drug-likeness (QED) is 0.434. The van der Waals surface area contributed by atoms with Gasteiger partial charge in [0.2, 0.25) is 0 Å². The third-order valence-corrected chi connectivity index (χ3v) is 6.48. The lowest BCUT2D eigenvalue weighted by atomic mass is 10.2. The van der Waals surface area contributed by atoms with Crippen LogP contribution in [0.2, 0.25) is 0 Å². The largest absolute Gasteiger partial charge is 0.368 e. The van der Waals surface area contributed by atoms with Gasteiger partial charge in [0.15, 0.2) is 5.96 Å². The van der Waals surface area contributed by atoms with Gasteiger partial charge in [-0.05, 0) is 23.6 Å². The van der Waals surface area contributed by atoms with Crippen LogP contribution in [-0.2, 0) is 19.4 Å². The van der Waals surface area contributed by atoms with Crippen molar-refractivity contribution in [3.05, 3.63) is 64.9 Å². The Morgan fingerprint density at radius 1 is 1.10 bits per heavy atom. The van der Waals surface area contributed by atoms with Crippen molar-refractivity contribution in [3.8, 4) is 0 Å². The summed E-state index contributed by atoms with van der Waals surface area (Å²) >= 11 is 1.80. The summed E-state index contributed by atoms with van der Waals surface area (Å²) < 4.78 is 2.11. The zero-order chi connectivity index (χ0) is 21.3. The highest BCUT2D eigenvalue weighted by Gasteiger charge is 2.20. The average molecular weight is 438 g/mol. The van der Waals surface area contributed by atoms with Crippen molar-refractivity contribution in [1.82, 2.24) is 25.0 Å². The molecule has 31 heavy (non-hydrogen) atoms. The predicted molar refractivity (Wildman–Crippen MR) is 128 cm³/mol. The molecule has 1 aliphatic rings. The molecular formula is C23H31N7S. The monoisotopic (exact) mass is 437 g/mol. The van der Waals surface area contributed by atoms with Gasteiger partial charge in [0.1, 0.15) is 12.2 Å². The number of rotatable bonds is 8. The zero-order valence-corrected chi connectivity index (χ0v) is 19.0. The average Bonchev–Trinajstić information content (AvgIpc) is 3.51. The molecule has 164 valence electrons. The molecule has 0 radical (unpaired) electrons. The van der Waals surface area contributed by atoms with E-state index in [1.807, 2.05) is 6.33 Å². The summed E-state index contributed by atoms with van der Waals surface area (Å²) in [4.78, 5) is 11.2. The van der Waals surface area contributed by atoms with Crippen molar-refractivity contribution in [2.45, 2.75) is 26.3 Å². The molecule has 0 amide bonds. The van der Waals surface area contributed by atoms with Crippen molar-refractivity contribution in [2.24, 2.45) is 4.99 Å². The van der Waals surface area contributed by atoms with E-state index in [0.29, 0.717) is 0 Å². The lowest BCUT2D eigenvalue weighted by Crippen LogP contribution is -2.53. The molecule has 0 atom stereocenters. The first-order valence-corrected chi connectivity index (χ1v) is 11.9. The first kappa shape index (κ1) is 21.4. The number of piperazine rings is 1. The van der Waals surface area contributed by atoms with Crippen LogP contribution in [0, 0.1) is 0 Å². The van der Waals surface area contributed by atoms with Crippen molar-refractivity contribution < 1.29 is 0 Å². The van der Waals surface area contributed by atoms with Gasteiger partial charge in [0, 0.05) is 69.2 Å². The minimum atomic E-state index is 0.800. The fourth-order valence-electron chi connectivity index (χ4n) is 3.84. The Morgan fingerprint density at radius 2 is 1.94 bits per heavy atom.